The lowest BCUT2D eigenvalue weighted by Crippen LogP contribution is -1.94. The minimum atomic E-state index is -0.0292. The molecule has 0 saturated heterocycles. The zero-order valence-corrected chi connectivity index (χ0v) is 8.93. The standard InChI is InChI=1S/C12H12OS/c1-9(10(2)13)11(3)14-12-7-5-4-6-8-12/h4-8H,1,3H2,2H3. The van der Waals surface area contributed by atoms with Crippen LogP contribution in [0.2, 0.25) is 0 Å². The van der Waals surface area contributed by atoms with E-state index in [0.29, 0.717) is 10.5 Å². The average molecular weight is 204 g/mol. The van der Waals surface area contributed by atoms with Gasteiger partial charge in [-0.1, -0.05) is 43.1 Å². The van der Waals surface area contributed by atoms with Crippen molar-refractivity contribution in [2.24, 2.45) is 0 Å². The van der Waals surface area contributed by atoms with Crippen molar-refractivity contribution < 1.29 is 4.79 Å². The zero-order valence-electron chi connectivity index (χ0n) is 8.12. The number of thioether (sulfide) groups is 1. The van der Waals surface area contributed by atoms with Crippen molar-refractivity contribution in [1.29, 1.82) is 0 Å². The molecule has 0 radical (unpaired) electrons. The second kappa shape index (κ2) is 4.82. The van der Waals surface area contributed by atoms with Gasteiger partial charge in [-0.3, -0.25) is 4.79 Å². The van der Waals surface area contributed by atoms with E-state index in [1.54, 1.807) is 0 Å². The van der Waals surface area contributed by atoms with Gasteiger partial charge in [0.2, 0.25) is 0 Å². The van der Waals surface area contributed by atoms with E-state index in [0.717, 1.165) is 4.90 Å². The Labute approximate surface area is 88.5 Å². The highest BCUT2D eigenvalue weighted by atomic mass is 32.2. The van der Waals surface area contributed by atoms with Gasteiger partial charge in [0.15, 0.2) is 5.78 Å². The normalized spacial score (nSPS) is 9.50. The smallest absolute Gasteiger partial charge is 0.160 e. The van der Waals surface area contributed by atoms with Gasteiger partial charge in [0.25, 0.3) is 0 Å². The summed E-state index contributed by atoms with van der Waals surface area (Å²) in [4.78, 5) is 12.8. The van der Waals surface area contributed by atoms with Crippen LogP contribution in [0.5, 0.6) is 0 Å². The number of Topliss-reactive ketones (excluding diaryl/α,β-unsaturated/α-hetero) is 1. The fraction of sp³-hybridized carbons (Fsp3) is 0.0833. The van der Waals surface area contributed by atoms with E-state index in [9.17, 15) is 4.79 Å². The molecule has 0 heterocycles. The molecule has 1 rings (SSSR count). The topological polar surface area (TPSA) is 17.1 Å². The number of benzene rings is 1. The molecule has 1 nitrogen and oxygen atoms in total. The summed E-state index contributed by atoms with van der Waals surface area (Å²) in [6, 6.07) is 9.80. The Balaban J connectivity index is 2.67. The first-order valence-corrected chi connectivity index (χ1v) is 5.05. The number of hydrogen-bond acceptors (Lipinski definition) is 2. The van der Waals surface area contributed by atoms with Gasteiger partial charge in [0.05, 0.1) is 0 Å². The molecule has 0 atom stereocenters. The molecule has 0 aliphatic carbocycles. The number of rotatable bonds is 4. The van der Waals surface area contributed by atoms with Crippen LogP contribution in [0.4, 0.5) is 0 Å². The van der Waals surface area contributed by atoms with Crippen molar-refractivity contribution in [2.75, 3.05) is 0 Å². The quantitative estimate of drug-likeness (QED) is 0.424. The van der Waals surface area contributed by atoms with E-state index in [1.165, 1.54) is 18.7 Å². The van der Waals surface area contributed by atoms with Crippen molar-refractivity contribution in [3.8, 4) is 0 Å². The Kier molecular flexibility index (Phi) is 3.72. The van der Waals surface area contributed by atoms with Gasteiger partial charge in [-0.15, -0.1) is 0 Å². The fourth-order valence-electron chi connectivity index (χ4n) is 0.889. The maximum absolute atomic E-state index is 11.0. The van der Waals surface area contributed by atoms with Gasteiger partial charge in [-0.05, 0) is 19.1 Å². The van der Waals surface area contributed by atoms with Crippen molar-refractivity contribution in [3.63, 3.8) is 0 Å². The maximum atomic E-state index is 11.0. The fourth-order valence-corrected chi connectivity index (χ4v) is 1.73. The second-order valence-corrected chi connectivity index (χ2v) is 4.04. The molecule has 0 aliphatic rings. The molecule has 0 fully saturated rings. The molecular formula is C12H12OS. The molecule has 0 N–H and O–H groups in total. The minimum Gasteiger partial charge on any atom is -0.294 e. The summed E-state index contributed by atoms with van der Waals surface area (Å²) in [5.74, 6) is -0.0292. The van der Waals surface area contributed by atoms with E-state index in [-0.39, 0.29) is 5.78 Å². The number of hydrogen-bond donors (Lipinski definition) is 0. The number of carbonyl (C=O) groups is 1. The Bertz CT molecular complexity index is 365. The summed E-state index contributed by atoms with van der Waals surface area (Å²) in [6.45, 7) is 8.99. The van der Waals surface area contributed by atoms with Crippen molar-refractivity contribution in [3.05, 3.63) is 54.0 Å². The molecule has 1 aromatic rings. The highest BCUT2D eigenvalue weighted by Gasteiger charge is 2.06. The van der Waals surface area contributed by atoms with E-state index >= 15 is 0 Å². The molecule has 0 aromatic heterocycles. The predicted octanol–water partition coefficient (Wildman–Crippen LogP) is 3.44. The lowest BCUT2D eigenvalue weighted by atomic mass is 10.2. The molecule has 72 valence electrons. The van der Waals surface area contributed by atoms with Crippen LogP contribution < -0.4 is 0 Å². The molecule has 1 aromatic carbocycles. The van der Waals surface area contributed by atoms with Crippen molar-refractivity contribution in [2.45, 2.75) is 11.8 Å². The van der Waals surface area contributed by atoms with Crippen LogP contribution in [0, 0.1) is 0 Å². The van der Waals surface area contributed by atoms with E-state index in [1.807, 2.05) is 30.3 Å². The van der Waals surface area contributed by atoms with Crippen LogP contribution in [0.15, 0.2) is 58.9 Å². The molecule has 0 amide bonds. The molecular weight excluding hydrogens is 192 g/mol. The summed E-state index contributed by atoms with van der Waals surface area (Å²) >= 11 is 1.47. The minimum absolute atomic E-state index is 0.0292. The third kappa shape index (κ3) is 2.89. The summed E-state index contributed by atoms with van der Waals surface area (Å²) < 4.78 is 0. The van der Waals surface area contributed by atoms with Crippen molar-refractivity contribution in [1.82, 2.24) is 0 Å². The van der Waals surface area contributed by atoms with E-state index in [2.05, 4.69) is 13.2 Å². The lowest BCUT2D eigenvalue weighted by Gasteiger charge is -2.05. The SMILES string of the molecule is C=C(Sc1ccccc1)C(=C)C(C)=O. The Morgan fingerprint density at radius 2 is 1.79 bits per heavy atom. The molecule has 0 unspecified atom stereocenters. The highest BCUT2D eigenvalue weighted by Crippen LogP contribution is 2.29. The lowest BCUT2D eigenvalue weighted by molar-refractivity contribution is -0.113. The molecule has 2 heteroatoms. The predicted molar refractivity (Wildman–Crippen MR) is 61.3 cm³/mol. The summed E-state index contributed by atoms with van der Waals surface area (Å²) in [5.41, 5.74) is 0.485. The van der Waals surface area contributed by atoms with E-state index in [4.69, 9.17) is 0 Å². The Hall–Kier alpha value is -1.28. The largest absolute Gasteiger partial charge is 0.294 e. The second-order valence-electron chi connectivity index (χ2n) is 2.87. The molecule has 0 saturated carbocycles. The van der Waals surface area contributed by atoms with Crippen LogP contribution in [-0.4, -0.2) is 5.78 Å². The maximum Gasteiger partial charge on any atom is 0.160 e. The third-order valence-electron chi connectivity index (χ3n) is 1.75. The number of carbonyl (C=O) groups excluding carboxylic acids is 1. The number of ketones is 1. The first-order chi connectivity index (χ1) is 6.61. The zero-order chi connectivity index (χ0) is 10.6. The van der Waals surface area contributed by atoms with Gasteiger partial charge in [-0.25, -0.2) is 0 Å². The van der Waals surface area contributed by atoms with Crippen LogP contribution in [0.1, 0.15) is 6.92 Å². The monoisotopic (exact) mass is 204 g/mol. The Morgan fingerprint density at radius 1 is 1.21 bits per heavy atom. The van der Waals surface area contributed by atoms with Crippen LogP contribution >= 0.6 is 11.8 Å². The summed E-state index contributed by atoms with van der Waals surface area (Å²) in [5, 5.41) is 0. The average Bonchev–Trinajstić information content (AvgIpc) is 2.18. The molecule has 0 spiro atoms. The third-order valence-corrected chi connectivity index (χ3v) is 2.75. The first-order valence-electron chi connectivity index (χ1n) is 4.23. The van der Waals surface area contributed by atoms with E-state index < -0.39 is 0 Å². The van der Waals surface area contributed by atoms with Gasteiger partial charge >= 0.3 is 0 Å². The van der Waals surface area contributed by atoms with Gasteiger partial charge in [0, 0.05) is 15.4 Å². The molecule has 14 heavy (non-hydrogen) atoms. The van der Waals surface area contributed by atoms with Crippen molar-refractivity contribution >= 4 is 17.5 Å². The Morgan fingerprint density at radius 3 is 2.29 bits per heavy atom. The van der Waals surface area contributed by atoms with Crippen LogP contribution in [0.3, 0.4) is 0 Å². The van der Waals surface area contributed by atoms with Gasteiger partial charge < -0.3 is 0 Å². The molecule has 0 bridgehead atoms. The van der Waals surface area contributed by atoms with Crippen LogP contribution in [-0.2, 0) is 4.79 Å². The van der Waals surface area contributed by atoms with Crippen LogP contribution in [0.25, 0.3) is 0 Å². The number of allylic oxidation sites excluding steroid dienone is 1. The summed E-state index contributed by atoms with van der Waals surface area (Å²) in [7, 11) is 0. The first kappa shape index (κ1) is 10.8. The molecule has 0 aliphatic heterocycles. The highest BCUT2D eigenvalue weighted by molar-refractivity contribution is 8.03. The van der Waals surface area contributed by atoms with Gasteiger partial charge in [0.1, 0.15) is 0 Å². The van der Waals surface area contributed by atoms with Gasteiger partial charge in [-0.2, -0.15) is 0 Å². The summed E-state index contributed by atoms with van der Waals surface area (Å²) in [6.07, 6.45) is 0.